The van der Waals surface area contributed by atoms with Crippen molar-refractivity contribution in [2.75, 3.05) is 0 Å². The van der Waals surface area contributed by atoms with Gasteiger partial charge in [0.1, 0.15) is 12.7 Å². The Balaban J connectivity index is 2.36. The van der Waals surface area contributed by atoms with Crippen LogP contribution in [0.25, 0.3) is 0 Å². The van der Waals surface area contributed by atoms with Gasteiger partial charge in [-0.2, -0.15) is 0 Å². The lowest BCUT2D eigenvalue weighted by molar-refractivity contribution is 0.147. The summed E-state index contributed by atoms with van der Waals surface area (Å²) in [6.07, 6.45) is 3.43. The number of fused-ring (bicyclic) bond motifs is 1. The monoisotopic (exact) mass is 216 g/mol. The van der Waals surface area contributed by atoms with Gasteiger partial charge in [0.05, 0.1) is 6.21 Å². The second kappa shape index (κ2) is 2.89. The molecule has 0 saturated heterocycles. The van der Waals surface area contributed by atoms with Gasteiger partial charge in [0, 0.05) is 0 Å². The van der Waals surface area contributed by atoms with E-state index in [-0.39, 0.29) is 5.84 Å². The summed E-state index contributed by atoms with van der Waals surface area (Å²) in [5, 5.41) is 0. The van der Waals surface area contributed by atoms with Gasteiger partial charge >= 0.3 is 7.82 Å². The van der Waals surface area contributed by atoms with Crippen molar-refractivity contribution in [3.63, 3.8) is 0 Å². The first kappa shape index (κ1) is 9.35. The highest BCUT2D eigenvalue weighted by atomic mass is 31.2. The fraction of sp³-hybridized carbons (Fsp3) is 0.200. The molecule has 9 heteroatoms. The van der Waals surface area contributed by atoms with Gasteiger partial charge in [0.2, 0.25) is 0 Å². The molecule has 8 nitrogen and oxygen atoms in total. The Bertz CT molecular complexity index is 421. The van der Waals surface area contributed by atoms with Crippen LogP contribution >= 0.6 is 7.82 Å². The summed E-state index contributed by atoms with van der Waals surface area (Å²) in [6.45, 7) is 0. The topological polar surface area (TPSA) is 116 Å². The van der Waals surface area contributed by atoms with E-state index in [1.807, 2.05) is 0 Å². The van der Waals surface area contributed by atoms with E-state index in [0.717, 1.165) is 12.6 Å². The third-order valence-corrected chi connectivity index (χ3v) is 2.02. The standard InChI is InChI=1S/C5H5N4O4P/c10-14(11,12)13-5-1-6-2-7-4(5)8-3-9-5/h1-3H,(H2,10,11,12). The van der Waals surface area contributed by atoms with E-state index in [1.54, 1.807) is 0 Å². The van der Waals surface area contributed by atoms with E-state index < -0.39 is 13.5 Å². The average molecular weight is 216 g/mol. The van der Waals surface area contributed by atoms with Crippen molar-refractivity contribution in [2.24, 2.45) is 20.0 Å². The maximum atomic E-state index is 10.7. The quantitative estimate of drug-likeness (QED) is 0.596. The predicted molar refractivity (Wildman–Crippen MR) is 48.8 cm³/mol. The normalized spacial score (nSPS) is 29.1. The van der Waals surface area contributed by atoms with Crippen molar-refractivity contribution in [3.05, 3.63) is 0 Å². The third kappa shape index (κ3) is 1.55. The number of rotatable bonds is 2. The van der Waals surface area contributed by atoms with Crippen molar-refractivity contribution < 1.29 is 18.9 Å². The van der Waals surface area contributed by atoms with Crippen LogP contribution in [0.2, 0.25) is 0 Å². The second-order valence-electron chi connectivity index (χ2n) is 2.50. The Labute approximate surface area is 78.0 Å². The molecule has 2 rings (SSSR count). The lowest BCUT2D eigenvalue weighted by Gasteiger charge is -2.22. The number of hydrogen-bond donors (Lipinski definition) is 2. The summed E-state index contributed by atoms with van der Waals surface area (Å²) in [5.74, 6) is 0.0517. The Hall–Kier alpha value is -1.21. The molecule has 1 atom stereocenters. The summed E-state index contributed by atoms with van der Waals surface area (Å²) in [7, 11) is -4.67. The van der Waals surface area contributed by atoms with Gasteiger partial charge in [-0.05, 0) is 0 Å². The van der Waals surface area contributed by atoms with E-state index in [4.69, 9.17) is 9.79 Å². The minimum Gasteiger partial charge on any atom is -0.303 e. The molecule has 0 amide bonds. The molecule has 0 aromatic carbocycles. The Morgan fingerprint density at radius 2 is 2.21 bits per heavy atom. The first-order valence-electron chi connectivity index (χ1n) is 3.47. The summed E-state index contributed by atoms with van der Waals surface area (Å²) >= 11 is 0. The highest BCUT2D eigenvalue weighted by molar-refractivity contribution is 7.46. The van der Waals surface area contributed by atoms with Crippen LogP contribution < -0.4 is 0 Å². The molecular formula is C5H5N4O4P. The molecule has 0 saturated carbocycles. The molecule has 2 heterocycles. The summed E-state index contributed by atoms with van der Waals surface area (Å²) in [4.78, 5) is 31.9. The maximum Gasteiger partial charge on any atom is 0.472 e. The minimum atomic E-state index is -4.67. The molecule has 2 N–H and O–H groups in total. The molecule has 0 aromatic rings. The number of nitrogens with zero attached hydrogens (tertiary/aromatic N) is 4. The van der Waals surface area contributed by atoms with E-state index >= 15 is 0 Å². The Morgan fingerprint density at radius 1 is 1.43 bits per heavy atom. The van der Waals surface area contributed by atoms with Crippen molar-refractivity contribution in [3.8, 4) is 0 Å². The van der Waals surface area contributed by atoms with Gasteiger partial charge in [-0.25, -0.2) is 29.1 Å². The largest absolute Gasteiger partial charge is 0.472 e. The summed E-state index contributed by atoms with van der Waals surface area (Å²) in [6, 6.07) is 0. The van der Waals surface area contributed by atoms with Gasteiger partial charge < -0.3 is 9.79 Å². The smallest absolute Gasteiger partial charge is 0.303 e. The second-order valence-corrected chi connectivity index (χ2v) is 3.66. The van der Waals surface area contributed by atoms with Crippen LogP contribution in [-0.4, -0.2) is 40.2 Å². The molecule has 0 radical (unpaired) electrons. The maximum absolute atomic E-state index is 10.7. The molecule has 14 heavy (non-hydrogen) atoms. The van der Waals surface area contributed by atoms with E-state index in [0.29, 0.717) is 0 Å². The SMILES string of the molecule is O=P(O)(O)OC12C=NC=NC1=NC=N2. The Kier molecular flexibility index (Phi) is 1.93. The number of amidine groups is 1. The fourth-order valence-corrected chi connectivity index (χ4v) is 1.57. The summed E-state index contributed by atoms with van der Waals surface area (Å²) in [5.41, 5.74) is -1.66. The van der Waals surface area contributed by atoms with Gasteiger partial charge in [-0.15, -0.1) is 0 Å². The van der Waals surface area contributed by atoms with Crippen molar-refractivity contribution in [1.29, 1.82) is 0 Å². The zero-order valence-electron chi connectivity index (χ0n) is 6.68. The van der Waals surface area contributed by atoms with Gasteiger partial charge in [0.25, 0.3) is 5.72 Å². The van der Waals surface area contributed by atoms with E-state index in [9.17, 15) is 4.57 Å². The van der Waals surface area contributed by atoms with Crippen molar-refractivity contribution >= 4 is 32.5 Å². The first-order valence-corrected chi connectivity index (χ1v) is 5.00. The zero-order valence-corrected chi connectivity index (χ0v) is 7.57. The number of phosphoric ester groups is 1. The first-order chi connectivity index (χ1) is 6.52. The van der Waals surface area contributed by atoms with Crippen LogP contribution in [0.3, 0.4) is 0 Å². The molecule has 0 spiro atoms. The van der Waals surface area contributed by atoms with Crippen LogP contribution in [0, 0.1) is 0 Å². The van der Waals surface area contributed by atoms with Crippen molar-refractivity contribution in [1.82, 2.24) is 0 Å². The predicted octanol–water partition coefficient (Wildman–Crippen LogP) is -0.655. The molecule has 2 aliphatic rings. The fourth-order valence-electron chi connectivity index (χ4n) is 1.03. The molecule has 74 valence electrons. The van der Waals surface area contributed by atoms with E-state index in [2.05, 4.69) is 24.5 Å². The van der Waals surface area contributed by atoms with Crippen molar-refractivity contribution in [2.45, 2.75) is 5.72 Å². The molecular weight excluding hydrogens is 211 g/mol. The van der Waals surface area contributed by atoms with Crippen LogP contribution in [0.15, 0.2) is 20.0 Å². The van der Waals surface area contributed by atoms with E-state index in [1.165, 1.54) is 6.34 Å². The molecule has 0 fully saturated rings. The molecule has 0 aromatic heterocycles. The number of aliphatic imine (C=N–C) groups is 4. The number of phosphoric acid groups is 1. The zero-order chi connectivity index (χ0) is 10.2. The Morgan fingerprint density at radius 3 is 2.93 bits per heavy atom. The highest BCUT2D eigenvalue weighted by Crippen LogP contribution is 2.43. The van der Waals surface area contributed by atoms with Gasteiger partial charge in [-0.3, -0.25) is 0 Å². The molecule has 2 aliphatic heterocycles. The lowest BCUT2D eigenvalue weighted by Crippen LogP contribution is -2.39. The van der Waals surface area contributed by atoms with Crippen LogP contribution in [0.1, 0.15) is 0 Å². The molecule has 0 bridgehead atoms. The minimum absolute atomic E-state index is 0.0517. The molecule has 0 aliphatic carbocycles. The lowest BCUT2D eigenvalue weighted by atomic mass is 10.2. The van der Waals surface area contributed by atoms with Gasteiger partial charge in [-0.1, -0.05) is 0 Å². The van der Waals surface area contributed by atoms with Crippen LogP contribution in [-0.2, 0) is 9.09 Å². The van der Waals surface area contributed by atoms with Gasteiger partial charge in [0.15, 0.2) is 5.84 Å². The number of hydrogen-bond acceptors (Lipinski definition) is 6. The van der Waals surface area contributed by atoms with Crippen LogP contribution in [0.4, 0.5) is 0 Å². The third-order valence-electron chi connectivity index (χ3n) is 1.50. The summed E-state index contributed by atoms with van der Waals surface area (Å²) < 4.78 is 15.1. The van der Waals surface area contributed by atoms with Crippen LogP contribution in [0.5, 0.6) is 0 Å². The highest BCUT2D eigenvalue weighted by Gasteiger charge is 2.44. The molecule has 1 unspecified atom stereocenters. The average Bonchev–Trinajstić information content (AvgIpc) is 2.43.